The highest BCUT2D eigenvalue weighted by Gasteiger charge is 2.35. The summed E-state index contributed by atoms with van der Waals surface area (Å²) in [7, 11) is -1.71. The molecule has 25 heavy (non-hydrogen) atoms. The lowest BCUT2D eigenvalue weighted by Gasteiger charge is -2.36. The van der Waals surface area contributed by atoms with E-state index in [2.05, 4.69) is 5.32 Å². The van der Waals surface area contributed by atoms with E-state index in [0.717, 1.165) is 5.56 Å². The molecule has 1 aromatic carbocycles. The van der Waals surface area contributed by atoms with Gasteiger partial charge in [-0.25, -0.2) is 8.42 Å². The summed E-state index contributed by atoms with van der Waals surface area (Å²) in [5.74, 6) is -0.318. The van der Waals surface area contributed by atoms with Crippen molar-refractivity contribution in [3.63, 3.8) is 0 Å². The van der Waals surface area contributed by atoms with E-state index in [1.54, 1.807) is 30.2 Å². The van der Waals surface area contributed by atoms with Crippen LogP contribution in [0.2, 0.25) is 0 Å². The highest BCUT2D eigenvalue weighted by molar-refractivity contribution is 7.88. The Morgan fingerprint density at radius 1 is 1.24 bits per heavy atom. The van der Waals surface area contributed by atoms with Gasteiger partial charge in [-0.1, -0.05) is 0 Å². The summed E-state index contributed by atoms with van der Waals surface area (Å²) in [5.41, 5.74) is 1.35. The van der Waals surface area contributed by atoms with Gasteiger partial charge in [0, 0.05) is 38.3 Å². The van der Waals surface area contributed by atoms with E-state index in [4.69, 9.17) is 4.74 Å². The smallest absolute Gasteiger partial charge is 0.230 e. The van der Waals surface area contributed by atoms with Crippen molar-refractivity contribution in [1.29, 1.82) is 0 Å². The summed E-state index contributed by atoms with van der Waals surface area (Å²) in [6.45, 7) is 1.19. The molecule has 0 aromatic heterocycles. The van der Waals surface area contributed by atoms with Crippen LogP contribution >= 0.6 is 0 Å². The number of carbonyl (C=O) groups excluding carboxylic acids is 2. The van der Waals surface area contributed by atoms with Crippen LogP contribution < -0.4 is 10.1 Å². The SMILES string of the molecule is COc1ccc2c(c1)C(C(=O)N1CCN(S(C)(=O)=O)CC1)CC(=O)N2. The van der Waals surface area contributed by atoms with Gasteiger partial charge in [-0.05, 0) is 23.8 Å². The Hall–Kier alpha value is -2.13. The number of piperazine rings is 1. The molecular formula is C16H21N3O5S. The largest absolute Gasteiger partial charge is 0.497 e. The lowest BCUT2D eigenvalue weighted by Crippen LogP contribution is -2.51. The number of fused-ring (bicyclic) bond motifs is 1. The average Bonchev–Trinajstić information content (AvgIpc) is 2.59. The van der Waals surface area contributed by atoms with Gasteiger partial charge in [0.25, 0.3) is 0 Å². The number of nitrogens with zero attached hydrogens (tertiary/aromatic N) is 2. The number of methoxy groups -OCH3 is 1. The van der Waals surface area contributed by atoms with E-state index in [9.17, 15) is 18.0 Å². The fourth-order valence-corrected chi connectivity index (χ4v) is 4.07. The van der Waals surface area contributed by atoms with Crippen molar-refractivity contribution in [1.82, 2.24) is 9.21 Å². The van der Waals surface area contributed by atoms with Gasteiger partial charge in [-0.3, -0.25) is 9.59 Å². The Morgan fingerprint density at radius 2 is 1.92 bits per heavy atom. The fraction of sp³-hybridized carbons (Fsp3) is 0.500. The van der Waals surface area contributed by atoms with Crippen LogP contribution in [-0.4, -0.2) is 69.0 Å². The van der Waals surface area contributed by atoms with Gasteiger partial charge in [-0.2, -0.15) is 4.31 Å². The molecule has 136 valence electrons. The van der Waals surface area contributed by atoms with E-state index in [0.29, 0.717) is 24.5 Å². The Kier molecular flexibility index (Phi) is 4.70. The summed E-state index contributed by atoms with van der Waals surface area (Å²) in [6, 6.07) is 5.23. The molecular weight excluding hydrogens is 346 g/mol. The average molecular weight is 367 g/mol. The highest BCUT2D eigenvalue weighted by Crippen LogP contribution is 2.36. The molecule has 2 aliphatic rings. The number of amides is 2. The van der Waals surface area contributed by atoms with E-state index in [1.807, 2.05) is 0 Å². The second-order valence-corrected chi connectivity index (χ2v) is 8.23. The minimum absolute atomic E-state index is 0.0747. The first-order valence-electron chi connectivity index (χ1n) is 8.01. The third-order valence-corrected chi connectivity index (χ3v) is 5.92. The first kappa shape index (κ1) is 17.7. The zero-order valence-electron chi connectivity index (χ0n) is 14.2. The van der Waals surface area contributed by atoms with Crippen molar-refractivity contribution in [3.05, 3.63) is 23.8 Å². The standard InChI is InChI=1S/C16H21N3O5S/c1-24-11-3-4-14-12(9-11)13(10-15(20)17-14)16(21)18-5-7-19(8-6-18)25(2,22)23/h3-4,9,13H,5-8,10H2,1-2H3,(H,17,20). The second-order valence-electron chi connectivity index (χ2n) is 6.25. The van der Waals surface area contributed by atoms with Crippen molar-refractivity contribution in [2.24, 2.45) is 0 Å². The molecule has 0 aliphatic carbocycles. The number of nitrogens with one attached hydrogen (secondary N) is 1. The Bertz CT molecular complexity index is 800. The van der Waals surface area contributed by atoms with Gasteiger partial charge in [0.15, 0.2) is 0 Å². The second kappa shape index (κ2) is 6.64. The molecule has 3 rings (SSSR count). The predicted molar refractivity (Wildman–Crippen MR) is 92.0 cm³/mol. The van der Waals surface area contributed by atoms with Crippen LogP contribution in [0.5, 0.6) is 5.75 Å². The van der Waals surface area contributed by atoms with E-state index >= 15 is 0 Å². The number of hydrogen-bond donors (Lipinski definition) is 1. The van der Waals surface area contributed by atoms with Crippen molar-refractivity contribution in [2.75, 3.05) is 44.9 Å². The predicted octanol–water partition coefficient (Wildman–Crippen LogP) is 0.225. The summed E-state index contributed by atoms with van der Waals surface area (Å²) in [6.07, 6.45) is 1.24. The summed E-state index contributed by atoms with van der Waals surface area (Å²) < 4.78 is 29.8. The molecule has 2 amide bonds. The van der Waals surface area contributed by atoms with E-state index in [1.165, 1.54) is 10.6 Å². The van der Waals surface area contributed by atoms with Gasteiger partial charge in [-0.15, -0.1) is 0 Å². The summed E-state index contributed by atoms with van der Waals surface area (Å²) >= 11 is 0. The number of anilines is 1. The van der Waals surface area contributed by atoms with Crippen molar-refractivity contribution in [2.45, 2.75) is 12.3 Å². The molecule has 1 fully saturated rings. The molecule has 1 aromatic rings. The van der Waals surface area contributed by atoms with Gasteiger partial charge < -0.3 is 15.0 Å². The fourth-order valence-electron chi connectivity index (χ4n) is 3.25. The van der Waals surface area contributed by atoms with Crippen LogP contribution in [0, 0.1) is 0 Å². The van der Waals surface area contributed by atoms with Crippen LogP contribution in [0.15, 0.2) is 18.2 Å². The number of hydrogen-bond acceptors (Lipinski definition) is 5. The molecule has 0 saturated carbocycles. The van der Waals surface area contributed by atoms with Crippen molar-refractivity contribution < 1.29 is 22.7 Å². The Balaban J connectivity index is 1.80. The lowest BCUT2D eigenvalue weighted by atomic mass is 9.89. The molecule has 2 heterocycles. The zero-order valence-corrected chi connectivity index (χ0v) is 15.0. The van der Waals surface area contributed by atoms with Gasteiger partial charge in [0.05, 0.1) is 19.3 Å². The van der Waals surface area contributed by atoms with E-state index < -0.39 is 15.9 Å². The van der Waals surface area contributed by atoms with Crippen LogP contribution in [0.25, 0.3) is 0 Å². The van der Waals surface area contributed by atoms with Crippen LogP contribution in [-0.2, 0) is 19.6 Å². The Labute approximate surface area is 146 Å². The molecule has 1 saturated heterocycles. The van der Waals surface area contributed by atoms with Crippen LogP contribution in [0.4, 0.5) is 5.69 Å². The normalized spacial score (nSPS) is 21.4. The molecule has 0 spiro atoms. The quantitative estimate of drug-likeness (QED) is 0.825. The number of ether oxygens (including phenoxy) is 1. The molecule has 9 heteroatoms. The van der Waals surface area contributed by atoms with Gasteiger partial charge in [0.2, 0.25) is 21.8 Å². The van der Waals surface area contributed by atoms with E-state index in [-0.39, 0.29) is 31.3 Å². The van der Waals surface area contributed by atoms with Crippen LogP contribution in [0.3, 0.4) is 0 Å². The summed E-state index contributed by atoms with van der Waals surface area (Å²) in [5, 5.41) is 2.77. The lowest BCUT2D eigenvalue weighted by molar-refractivity contribution is -0.136. The third-order valence-electron chi connectivity index (χ3n) is 4.62. The molecule has 8 nitrogen and oxygen atoms in total. The highest BCUT2D eigenvalue weighted by atomic mass is 32.2. The van der Waals surface area contributed by atoms with Crippen molar-refractivity contribution in [3.8, 4) is 5.75 Å². The monoisotopic (exact) mass is 367 g/mol. The maximum Gasteiger partial charge on any atom is 0.230 e. The number of rotatable bonds is 3. The third kappa shape index (κ3) is 3.62. The topological polar surface area (TPSA) is 96.0 Å². The molecule has 1 N–H and O–H groups in total. The van der Waals surface area contributed by atoms with Gasteiger partial charge in [0.1, 0.15) is 5.75 Å². The first-order chi connectivity index (χ1) is 11.8. The van der Waals surface area contributed by atoms with Crippen LogP contribution in [0.1, 0.15) is 17.9 Å². The molecule has 0 radical (unpaired) electrons. The van der Waals surface area contributed by atoms with Gasteiger partial charge >= 0.3 is 0 Å². The molecule has 1 unspecified atom stereocenters. The molecule has 0 bridgehead atoms. The Morgan fingerprint density at radius 3 is 2.52 bits per heavy atom. The molecule has 2 aliphatic heterocycles. The minimum atomic E-state index is -3.25. The maximum absolute atomic E-state index is 13.0. The molecule has 1 atom stereocenters. The number of carbonyl (C=O) groups is 2. The number of benzene rings is 1. The van der Waals surface area contributed by atoms with Crippen molar-refractivity contribution >= 4 is 27.5 Å². The minimum Gasteiger partial charge on any atom is -0.497 e. The maximum atomic E-state index is 13.0. The number of sulfonamides is 1. The summed E-state index contributed by atoms with van der Waals surface area (Å²) in [4.78, 5) is 26.5. The zero-order chi connectivity index (χ0) is 18.2. The first-order valence-corrected chi connectivity index (χ1v) is 9.86.